The van der Waals surface area contributed by atoms with Gasteiger partial charge in [-0.1, -0.05) is 35.3 Å². The largest absolute Gasteiger partial charge is 0.453 e. The predicted octanol–water partition coefficient (Wildman–Crippen LogP) is 6.65. The molecule has 0 saturated carbocycles. The number of halogens is 2. The van der Waals surface area contributed by atoms with Gasteiger partial charge in [0.05, 0.1) is 32.4 Å². The fraction of sp³-hybridized carbons (Fsp3) is 0. The van der Waals surface area contributed by atoms with Crippen LogP contribution in [0.15, 0.2) is 60.7 Å². The van der Waals surface area contributed by atoms with Crippen molar-refractivity contribution in [2.24, 2.45) is 0 Å². The molecular formula is C21H12Cl2N2O4. The van der Waals surface area contributed by atoms with E-state index in [0.717, 1.165) is 11.3 Å². The molecule has 3 aromatic carbocycles. The molecule has 1 heterocycles. The lowest BCUT2D eigenvalue weighted by molar-refractivity contribution is -0.384. The van der Waals surface area contributed by atoms with Crippen molar-refractivity contribution in [2.75, 3.05) is 5.32 Å². The van der Waals surface area contributed by atoms with E-state index in [1.54, 1.807) is 30.3 Å². The van der Waals surface area contributed by atoms with Crippen LogP contribution in [0.25, 0.3) is 6.08 Å². The lowest BCUT2D eigenvalue weighted by atomic mass is 10.1. The maximum Gasteiger partial charge on any atom is 0.273 e. The van der Waals surface area contributed by atoms with Gasteiger partial charge >= 0.3 is 0 Å². The topological polar surface area (TPSA) is 81.5 Å². The Labute approximate surface area is 175 Å². The third kappa shape index (κ3) is 3.94. The quantitative estimate of drug-likeness (QED) is 0.171. The second-order valence-electron chi connectivity index (χ2n) is 6.25. The Kier molecular flexibility index (Phi) is 4.96. The third-order valence-electron chi connectivity index (χ3n) is 4.30. The van der Waals surface area contributed by atoms with Gasteiger partial charge in [0, 0.05) is 11.6 Å². The number of non-ortho nitro benzene ring substituents is 1. The monoisotopic (exact) mass is 426 g/mol. The van der Waals surface area contributed by atoms with Crippen LogP contribution >= 0.6 is 23.2 Å². The summed E-state index contributed by atoms with van der Waals surface area (Å²) in [5.41, 5.74) is 2.46. The lowest BCUT2D eigenvalue weighted by Crippen LogP contribution is -2.03. The number of ketones is 1. The molecule has 1 N–H and O–H groups in total. The second-order valence-corrected chi connectivity index (χ2v) is 7.06. The van der Waals surface area contributed by atoms with Crippen LogP contribution in [0.4, 0.5) is 17.1 Å². The minimum Gasteiger partial charge on any atom is -0.453 e. The smallest absolute Gasteiger partial charge is 0.273 e. The summed E-state index contributed by atoms with van der Waals surface area (Å²) in [5.74, 6) is 0.642. The van der Waals surface area contributed by atoms with Crippen molar-refractivity contribution >= 4 is 52.1 Å². The number of rotatable bonds is 4. The summed E-state index contributed by atoms with van der Waals surface area (Å²) >= 11 is 11.8. The summed E-state index contributed by atoms with van der Waals surface area (Å²) in [7, 11) is 0. The zero-order valence-corrected chi connectivity index (χ0v) is 16.2. The number of nitro groups is 1. The fourth-order valence-electron chi connectivity index (χ4n) is 2.82. The van der Waals surface area contributed by atoms with Gasteiger partial charge < -0.3 is 10.1 Å². The van der Waals surface area contributed by atoms with Crippen molar-refractivity contribution in [3.63, 3.8) is 0 Å². The van der Waals surface area contributed by atoms with E-state index >= 15 is 0 Å². The zero-order valence-electron chi connectivity index (χ0n) is 14.7. The molecule has 0 amide bonds. The zero-order chi connectivity index (χ0) is 20.5. The number of nitrogens with one attached hydrogen (secondary N) is 1. The lowest BCUT2D eigenvalue weighted by Gasteiger charge is -2.21. The Balaban J connectivity index is 1.56. The molecule has 0 radical (unpaired) electrons. The van der Waals surface area contributed by atoms with Gasteiger partial charge in [-0.05, 0) is 48.0 Å². The van der Waals surface area contributed by atoms with E-state index in [1.807, 2.05) is 12.1 Å². The Morgan fingerprint density at radius 3 is 2.41 bits per heavy atom. The van der Waals surface area contributed by atoms with E-state index in [-0.39, 0.29) is 11.5 Å². The first-order valence-electron chi connectivity index (χ1n) is 8.45. The van der Waals surface area contributed by atoms with E-state index in [4.69, 9.17) is 27.9 Å². The number of hydrogen-bond acceptors (Lipinski definition) is 5. The third-order valence-corrected chi connectivity index (χ3v) is 5.04. The number of carbonyl (C=O) groups is 1. The van der Waals surface area contributed by atoms with Crippen LogP contribution in [0.3, 0.4) is 0 Å². The minimum absolute atomic E-state index is 0.0581. The Morgan fingerprint density at radius 2 is 1.69 bits per heavy atom. The number of benzene rings is 3. The molecule has 144 valence electrons. The van der Waals surface area contributed by atoms with Crippen LogP contribution in [0, 0.1) is 10.1 Å². The highest BCUT2D eigenvalue weighted by molar-refractivity contribution is 6.42. The average Bonchev–Trinajstić information content (AvgIpc) is 2.71. The molecule has 6 nitrogen and oxygen atoms in total. The van der Waals surface area contributed by atoms with Gasteiger partial charge in [-0.2, -0.15) is 0 Å². The van der Waals surface area contributed by atoms with Crippen molar-refractivity contribution in [3.05, 3.63) is 92.0 Å². The van der Waals surface area contributed by atoms with Crippen LogP contribution < -0.4 is 10.1 Å². The van der Waals surface area contributed by atoms with Gasteiger partial charge in [0.2, 0.25) is 0 Å². The number of ether oxygens (including phenoxy) is 1. The first-order valence-corrected chi connectivity index (χ1v) is 9.21. The maximum absolute atomic E-state index is 12.3. The average molecular weight is 427 g/mol. The molecule has 0 aromatic heterocycles. The SMILES string of the molecule is O=C(C=Cc1ccc2c(c1)Oc1cc([N+](=O)[O-])ccc1N2)c1ccc(Cl)c(Cl)c1. The predicted molar refractivity (Wildman–Crippen MR) is 113 cm³/mol. The molecule has 0 saturated heterocycles. The molecule has 3 aromatic rings. The summed E-state index contributed by atoms with van der Waals surface area (Å²) in [5, 5.41) is 14.8. The molecule has 1 aliphatic heterocycles. The van der Waals surface area contributed by atoms with E-state index in [1.165, 1.54) is 24.3 Å². The number of nitro benzene ring substituents is 1. The molecular weight excluding hydrogens is 415 g/mol. The fourth-order valence-corrected chi connectivity index (χ4v) is 3.12. The van der Waals surface area contributed by atoms with Crippen LogP contribution in [0.2, 0.25) is 10.0 Å². The molecule has 0 atom stereocenters. The Hall–Kier alpha value is -3.35. The molecule has 0 fully saturated rings. The highest BCUT2D eigenvalue weighted by atomic mass is 35.5. The van der Waals surface area contributed by atoms with Gasteiger partial charge in [-0.3, -0.25) is 14.9 Å². The number of nitrogens with zero attached hydrogens (tertiary/aromatic N) is 1. The summed E-state index contributed by atoms with van der Waals surface area (Å²) in [6.45, 7) is 0. The van der Waals surface area contributed by atoms with Crippen molar-refractivity contribution in [1.82, 2.24) is 0 Å². The number of allylic oxidation sites excluding steroid dienone is 1. The first-order chi connectivity index (χ1) is 13.9. The minimum atomic E-state index is -0.479. The Bertz CT molecular complexity index is 1190. The molecule has 8 heteroatoms. The highest BCUT2D eigenvalue weighted by Crippen LogP contribution is 2.43. The van der Waals surface area contributed by atoms with Gasteiger partial charge in [0.25, 0.3) is 5.69 Å². The first kappa shape index (κ1) is 19.0. The standard InChI is InChI=1S/C21H12Cl2N2O4/c22-15-5-3-13(10-16(15)23)19(26)8-2-12-1-6-17-20(9-12)29-21-11-14(25(27)28)4-7-18(21)24-17/h1-11,24H. The van der Waals surface area contributed by atoms with Gasteiger partial charge in [-0.15, -0.1) is 0 Å². The Morgan fingerprint density at radius 1 is 0.966 bits per heavy atom. The maximum atomic E-state index is 12.3. The second kappa shape index (κ2) is 7.58. The molecule has 29 heavy (non-hydrogen) atoms. The van der Waals surface area contributed by atoms with E-state index in [0.29, 0.717) is 32.8 Å². The number of fused-ring (bicyclic) bond motifs is 2. The van der Waals surface area contributed by atoms with Crippen molar-refractivity contribution < 1.29 is 14.5 Å². The van der Waals surface area contributed by atoms with E-state index in [9.17, 15) is 14.9 Å². The van der Waals surface area contributed by atoms with Crippen LogP contribution in [0.1, 0.15) is 15.9 Å². The number of hydrogen-bond donors (Lipinski definition) is 1. The van der Waals surface area contributed by atoms with Crippen LogP contribution in [0.5, 0.6) is 11.5 Å². The summed E-state index contributed by atoms with van der Waals surface area (Å²) < 4.78 is 5.81. The highest BCUT2D eigenvalue weighted by Gasteiger charge is 2.19. The molecule has 1 aliphatic rings. The summed E-state index contributed by atoms with van der Waals surface area (Å²) in [6.07, 6.45) is 3.08. The van der Waals surface area contributed by atoms with Gasteiger partial charge in [-0.25, -0.2) is 0 Å². The van der Waals surface area contributed by atoms with Crippen LogP contribution in [-0.2, 0) is 0 Å². The summed E-state index contributed by atoms with van der Waals surface area (Å²) in [6, 6.07) is 14.4. The number of carbonyl (C=O) groups excluding carboxylic acids is 1. The molecule has 4 rings (SSSR count). The molecule has 0 bridgehead atoms. The summed E-state index contributed by atoms with van der Waals surface area (Å²) in [4.78, 5) is 22.8. The van der Waals surface area contributed by atoms with Crippen molar-refractivity contribution in [2.45, 2.75) is 0 Å². The molecule has 0 unspecified atom stereocenters. The normalized spacial score (nSPS) is 11.9. The van der Waals surface area contributed by atoms with Crippen molar-refractivity contribution in [1.29, 1.82) is 0 Å². The van der Waals surface area contributed by atoms with Crippen molar-refractivity contribution in [3.8, 4) is 11.5 Å². The molecule has 0 spiro atoms. The van der Waals surface area contributed by atoms with E-state index < -0.39 is 4.92 Å². The molecule has 0 aliphatic carbocycles. The van der Waals surface area contributed by atoms with Gasteiger partial charge in [0.15, 0.2) is 17.3 Å². The van der Waals surface area contributed by atoms with Crippen LogP contribution in [-0.4, -0.2) is 10.7 Å². The van der Waals surface area contributed by atoms with E-state index in [2.05, 4.69) is 5.32 Å². The van der Waals surface area contributed by atoms with Gasteiger partial charge in [0.1, 0.15) is 0 Å². The number of anilines is 2.